The first kappa shape index (κ1) is 32.8. The van der Waals surface area contributed by atoms with Crippen molar-refractivity contribution in [3.63, 3.8) is 0 Å². The first-order chi connectivity index (χ1) is 20.7. The van der Waals surface area contributed by atoms with E-state index in [1.165, 1.54) is 0 Å². The molecule has 0 saturated carbocycles. The molecular weight excluding hydrogens is 542 g/mol. The lowest BCUT2D eigenvalue weighted by atomic mass is 9.90. The van der Waals surface area contributed by atoms with E-state index in [1.54, 1.807) is 0 Å². The quantitative estimate of drug-likeness (QED) is 0.0983. The molecule has 0 aromatic heterocycles. The first-order valence-electron chi connectivity index (χ1n) is 14.5. The van der Waals surface area contributed by atoms with Crippen molar-refractivity contribution in [2.75, 3.05) is 33.7 Å². The number of aliphatic imine (C=N–C) groups is 1. The molecular formula is C33H43N7O3. The smallest absolute Gasteiger partial charge is 0.242 e. The van der Waals surface area contributed by atoms with Crippen LogP contribution >= 0.6 is 0 Å². The van der Waals surface area contributed by atoms with E-state index in [0.29, 0.717) is 25.9 Å². The van der Waals surface area contributed by atoms with E-state index >= 15 is 0 Å². The lowest BCUT2D eigenvalue weighted by Gasteiger charge is -2.23. The topological polar surface area (TPSA) is 155 Å². The Kier molecular flexibility index (Phi) is 13.2. The molecule has 0 spiro atoms. The van der Waals surface area contributed by atoms with Crippen LogP contribution in [0.4, 0.5) is 0 Å². The van der Waals surface area contributed by atoms with Gasteiger partial charge in [0.15, 0.2) is 5.96 Å². The number of nitrogens with one attached hydrogen (secondary N) is 3. The summed E-state index contributed by atoms with van der Waals surface area (Å²) in [6, 6.07) is 25.7. The molecule has 0 aliphatic carbocycles. The molecule has 3 aromatic rings. The molecule has 0 heterocycles. The molecule has 3 amide bonds. The number of hydrogen-bond acceptors (Lipinski definition) is 5. The van der Waals surface area contributed by atoms with Crippen LogP contribution in [-0.2, 0) is 27.3 Å². The number of benzene rings is 3. The van der Waals surface area contributed by atoms with E-state index in [2.05, 4.69) is 20.9 Å². The number of nitrogens with two attached hydrogens (primary N) is 2. The lowest BCUT2D eigenvalue weighted by molar-refractivity contribution is -0.129. The van der Waals surface area contributed by atoms with Gasteiger partial charge in [0.1, 0.15) is 6.04 Å². The molecule has 0 aliphatic heterocycles. The molecule has 0 fully saturated rings. The zero-order valence-corrected chi connectivity index (χ0v) is 25.0. The van der Waals surface area contributed by atoms with Crippen LogP contribution in [0.15, 0.2) is 89.9 Å². The Balaban J connectivity index is 1.65. The number of nitrogens with zero attached hydrogens (tertiary/aromatic N) is 2. The summed E-state index contributed by atoms with van der Waals surface area (Å²) in [7, 11) is 3.91. The molecule has 1 atom stereocenters. The summed E-state index contributed by atoms with van der Waals surface area (Å²) < 4.78 is 0. The maximum atomic E-state index is 13.7. The third kappa shape index (κ3) is 11.6. The predicted molar refractivity (Wildman–Crippen MR) is 170 cm³/mol. The van der Waals surface area contributed by atoms with Gasteiger partial charge in [-0.2, -0.15) is 0 Å². The largest absolute Gasteiger partial charge is 0.370 e. The second-order valence-corrected chi connectivity index (χ2v) is 10.6. The van der Waals surface area contributed by atoms with E-state index in [1.807, 2.05) is 104 Å². The predicted octanol–water partition coefficient (Wildman–Crippen LogP) is 1.89. The Morgan fingerprint density at radius 3 is 1.93 bits per heavy atom. The van der Waals surface area contributed by atoms with Gasteiger partial charge in [0.2, 0.25) is 17.7 Å². The average molecular weight is 586 g/mol. The van der Waals surface area contributed by atoms with Gasteiger partial charge in [-0.25, -0.2) is 0 Å². The van der Waals surface area contributed by atoms with Gasteiger partial charge < -0.3 is 32.3 Å². The van der Waals surface area contributed by atoms with E-state index < -0.39 is 12.0 Å². The Bertz CT molecular complexity index is 1290. The van der Waals surface area contributed by atoms with E-state index in [0.717, 1.165) is 28.8 Å². The van der Waals surface area contributed by atoms with Gasteiger partial charge in [-0.1, -0.05) is 84.9 Å². The molecule has 3 rings (SSSR count). The van der Waals surface area contributed by atoms with Crippen LogP contribution in [0.3, 0.4) is 0 Å². The van der Waals surface area contributed by atoms with Gasteiger partial charge in [0.25, 0.3) is 0 Å². The number of likely N-dealkylation sites (N-methyl/N-ethyl adjacent to an activating group) is 1. The highest BCUT2D eigenvalue weighted by molar-refractivity contribution is 5.92. The summed E-state index contributed by atoms with van der Waals surface area (Å²) in [6.45, 7) is 1.98. The van der Waals surface area contributed by atoms with Crippen molar-refractivity contribution in [3.05, 3.63) is 107 Å². The highest BCUT2D eigenvalue weighted by atomic mass is 16.2. The summed E-state index contributed by atoms with van der Waals surface area (Å²) in [6.07, 6.45) is 1.14. The molecule has 7 N–H and O–H groups in total. The van der Waals surface area contributed by atoms with Crippen molar-refractivity contribution in [1.29, 1.82) is 0 Å². The van der Waals surface area contributed by atoms with Crippen LogP contribution in [0, 0.1) is 0 Å². The van der Waals surface area contributed by atoms with E-state index in [4.69, 9.17) is 11.5 Å². The van der Waals surface area contributed by atoms with Crippen molar-refractivity contribution < 1.29 is 14.4 Å². The van der Waals surface area contributed by atoms with Gasteiger partial charge in [-0.05, 0) is 49.2 Å². The third-order valence-electron chi connectivity index (χ3n) is 6.84. The van der Waals surface area contributed by atoms with Crippen LogP contribution in [0.2, 0.25) is 0 Å². The minimum atomic E-state index is -0.790. The van der Waals surface area contributed by atoms with E-state index in [-0.39, 0.29) is 36.6 Å². The zero-order valence-electron chi connectivity index (χ0n) is 25.0. The summed E-state index contributed by atoms with van der Waals surface area (Å²) in [5.41, 5.74) is 14.3. The van der Waals surface area contributed by atoms with Gasteiger partial charge in [-0.15, -0.1) is 0 Å². The lowest BCUT2D eigenvalue weighted by Crippen LogP contribution is -2.48. The SMILES string of the molecule is CN(C)CCNC(=O)Cc1ccc(CNC(=O)[C@@H](CCCN=C(N)N)NC(=O)C(c2ccccc2)c2ccccc2)cc1. The Morgan fingerprint density at radius 1 is 0.791 bits per heavy atom. The molecule has 10 heteroatoms. The Morgan fingerprint density at radius 2 is 1.37 bits per heavy atom. The molecule has 0 unspecified atom stereocenters. The van der Waals surface area contributed by atoms with Crippen molar-refractivity contribution in [1.82, 2.24) is 20.9 Å². The van der Waals surface area contributed by atoms with Gasteiger partial charge in [0.05, 0.1) is 12.3 Å². The van der Waals surface area contributed by atoms with Gasteiger partial charge in [0, 0.05) is 26.2 Å². The van der Waals surface area contributed by atoms with Crippen LogP contribution < -0.4 is 27.4 Å². The Labute approximate surface area is 253 Å². The molecule has 43 heavy (non-hydrogen) atoms. The van der Waals surface area contributed by atoms with Crippen LogP contribution in [0.25, 0.3) is 0 Å². The van der Waals surface area contributed by atoms with Crippen molar-refractivity contribution in [2.45, 2.75) is 37.8 Å². The van der Waals surface area contributed by atoms with Crippen molar-refractivity contribution >= 4 is 23.7 Å². The molecule has 0 bridgehead atoms. The number of amides is 3. The van der Waals surface area contributed by atoms with E-state index in [9.17, 15) is 14.4 Å². The standard InChI is InChI=1S/C33H43N7O3/c1-40(2)21-20-36-29(41)22-24-15-17-25(18-16-24)23-38-31(42)28(14-9-19-37-33(34)35)39-32(43)30(26-10-5-3-6-11-26)27-12-7-4-8-13-27/h3-8,10-13,15-18,28,30H,9,14,19-23H2,1-2H3,(H,36,41)(H,38,42)(H,39,43)(H4,34,35,37)/t28-/m1/s1. The molecule has 3 aromatic carbocycles. The second kappa shape index (κ2) is 17.3. The third-order valence-corrected chi connectivity index (χ3v) is 6.84. The normalized spacial score (nSPS) is 11.5. The zero-order chi connectivity index (χ0) is 31.0. The van der Waals surface area contributed by atoms with Crippen molar-refractivity contribution in [2.24, 2.45) is 16.5 Å². The first-order valence-corrected chi connectivity index (χ1v) is 14.5. The highest BCUT2D eigenvalue weighted by Crippen LogP contribution is 2.25. The number of guanidine groups is 1. The number of carbonyl (C=O) groups excluding carboxylic acids is 3. The van der Waals surface area contributed by atoms with Crippen LogP contribution in [-0.4, -0.2) is 68.4 Å². The second-order valence-electron chi connectivity index (χ2n) is 10.6. The minimum Gasteiger partial charge on any atom is -0.370 e. The fourth-order valence-corrected chi connectivity index (χ4v) is 4.57. The molecule has 228 valence electrons. The van der Waals surface area contributed by atoms with Gasteiger partial charge in [-0.3, -0.25) is 19.4 Å². The summed E-state index contributed by atoms with van der Waals surface area (Å²) in [5.74, 6) is -1.21. The van der Waals surface area contributed by atoms with Crippen molar-refractivity contribution in [3.8, 4) is 0 Å². The van der Waals surface area contributed by atoms with Crippen LogP contribution in [0.5, 0.6) is 0 Å². The molecule has 0 aliphatic rings. The molecule has 0 radical (unpaired) electrons. The summed E-state index contributed by atoms with van der Waals surface area (Å²) >= 11 is 0. The summed E-state index contributed by atoms with van der Waals surface area (Å²) in [4.78, 5) is 45.3. The number of rotatable bonds is 16. The highest BCUT2D eigenvalue weighted by Gasteiger charge is 2.27. The number of hydrogen-bond donors (Lipinski definition) is 5. The molecule has 0 saturated heterocycles. The fraction of sp³-hybridized carbons (Fsp3) is 0.333. The number of carbonyl (C=O) groups is 3. The Hall–Kier alpha value is -4.70. The minimum absolute atomic E-state index is 0.0206. The maximum absolute atomic E-state index is 13.7. The van der Waals surface area contributed by atoms with Crippen LogP contribution in [0.1, 0.15) is 41.0 Å². The maximum Gasteiger partial charge on any atom is 0.242 e. The van der Waals surface area contributed by atoms with Gasteiger partial charge >= 0.3 is 0 Å². The monoisotopic (exact) mass is 585 g/mol. The molecule has 10 nitrogen and oxygen atoms in total. The fourth-order valence-electron chi connectivity index (χ4n) is 4.57. The average Bonchev–Trinajstić information content (AvgIpc) is 2.99. The summed E-state index contributed by atoms with van der Waals surface area (Å²) in [5, 5.41) is 8.84.